The fourth-order valence-corrected chi connectivity index (χ4v) is 5.48. The Bertz CT molecular complexity index is 722. The minimum absolute atomic E-state index is 0.100. The van der Waals surface area contributed by atoms with E-state index in [2.05, 4.69) is 9.55 Å². The number of halogens is 2. The van der Waals surface area contributed by atoms with Crippen LogP contribution in [-0.2, 0) is 0 Å². The van der Waals surface area contributed by atoms with Crippen LogP contribution in [0.5, 0.6) is 0 Å². The van der Waals surface area contributed by atoms with E-state index in [1.807, 2.05) is 13.0 Å². The van der Waals surface area contributed by atoms with E-state index < -0.39 is 0 Å². The molecule has 2 aromatic heterocycles. The van der Waals surface area contributed by atoms with Gasteiger partial charge in [0.15, 0.2) is 5.65 Å². The van der Waals surface area contributed by atoms with Crippen molar-refractivity contribution in [2.24, 2.45) is 23.7 Å². The summed E-state index contributed by atoms with van der Waals surface area (Å²) in [5, 5.41) is 0.536. The molecule has 3 saturated carbocycles. The summed E-state index contributed by atoms with van der Waals surface area (Å²) >= 11 is 12.5. The number of alkyl halides is 1. The first-order valence-corrected chi connectivity index (χ1v) is 8.64. The molecule has 0 radical (unpaired) electrons. The van der Waals surface area contributed by atoms with Gasteiger partial charge in [-0.05, 0) is 55.9 Å². The normalized spacial score (nSPS) is 38.0. The molecule has 0 saturated heterocycles. The van der Waals surface area contributed by atoms with Gasteiger partial charge >= 0.3 is 0 Å². The van der Waals surface area contributed by atoms with Crippen LogP contribution in [-0.4, -0.2) is 14.5 Å². The van der Waals surface area contributed by atoms with Gasteiger partial charge in [0.25, 0.3) is 0 Å². The Hall–Kier alpha value is -0.800. The molecule has 2 aromatic rings. The molecule has 0 N–H and O–H groups in total. The predicted octanol–water partition coefficient (Wildman–Crippen LogP) is 4.60. The molecular formula is C16H17Cl2N3. The molecule has 2 heterocycles. The first-order chi connectivity index (χ1) is 10.1. The number of fused-ring (bicyclic) bond motifs is 6. The lowest BCUT2D eigenvalue weighted by Crippen LogP contribution is -2.09. The van der Waals surface area contributed by atoms with E-state index in [-0.39, 0.29) is 5.38 Å². The number of imidazole rings is 1. The summed E-state index contributed by atoms with van der Waals surface area (Å²) in [6.45, 7) is 1.99. The summed E-state index contributed by atoms with van der Waals surface area (Å²) < 4.78 is 2.34. The van der Waals surface area contributed by atoms with Crippen molar-refractivity contribution in [3.05, 3.63) is 23.1 Å². The lowest BCUT2D eigenvalue weighted by atomic mass is 10.0. The molecule has 110 valence electrons. The van der Waals surface area contributed by atoms with Crippen LogP contribution in [0.4, 0.5) is 0 Å². The van der Waals surface area contributed by atoms with Crippen LogP contribution >= 0.6 is 23.2 Å². The molecule has 0 spiro atoms. The van der Waals surface area contributed by atoms with Gasteiger partial charge < -0.3 is 4.57 Å². The third kappa shape index (κ3) is 1.62. The van der Waals surface area contributed by atoms with Gasteiger partial charge in [0, 0.05) is 12.2 Å². The molecule has 3 fully saturated rings. The maximum atomic E-state index is 6.39. The fourth-order valence-electron chi connectivity index (χ4n) is 5.17. The molecule has 5 heteroatoms. The molecular weight excluding hydrogens is 305 g/mol. The zero-order valence-electron chi connectivity index (χ0n) is 11.8. The van der Waals surface area contributed by atoms with Crippen LogP contribution in [0.3, 0.4) is 0 Å². The minimum atomic E-state index is -0.100. The van der Waals surface area contributed by atoms with Gasteiger partial charge in [-0.2, -0.15) is 0 Å². The van der Waals surface area contributed by atoms with Crippen molar-refractivity contribution >= 4 is 34.4 Å². The van der Waals surface area contributed by atoms with E-state index in [4.69, 9.17) is 28.2 Å². The highest BCUT2D eigenvalue weighted by Gasteiger charge is 2.66. The largest absolute Gasteiger partial charge is 0.308 e. The quantitative estimate of drug-likeness (QED) is 0.757. The maximum absolute atomic E-state index is 6.39. The smallest absolute Gasteiger partial charge is 0.160 e. The minimum Gasteiger partial charge on any atom is -0.308 e. The van der Waals surface area contributed by atoms with Crippen molar-refractivity contribution in [2.45, 2.75) is 37.6 Å². The Morgan fingerprint density at radius 3 is 2.67 bits per heavy atom. The SMILES string of the molecule is CC(Cl)c1nc2cc(Cl)cnc2n1C1C2C3CCC(C3)C21. The first-order valence-electron chi connectivity index (χ1n) is 7.82. The molecule has 21 heavy (non-hydrogen) atoms. The fraction of sp³-hybridized carbons (Fsp3) is 0.625. The lowest BCUT2D eigenvalue weighted by Gasteiger charge is -2.14. The summed E-state index contributed by atoms with van der Waals surface area (Å²) in [7, 11) is 0. The second kappa shape index (κ2) is 4.14. The van der Waals surface area contributed by atoms with Gasteiger partial charge in [-0.15, -0.1) is 11.6 Å². The third-order valence-corrected chi connectivity index (χ3v) is 6.27. The monoisotopic (exact) mass is 321 g/mol. The summed E-state index contributed by atoms with van der Waals surface area (Å²) in [5.41, 5.74) is 1.84. The second-order valence-corrected chi connectivity index (χ2v) is 8.02. The van der Waals surface area contributed by atoms with E-state index in [1.165, 1.54) is 19.3 Å². The summed E-state index contributed by atoms with van der Waals surface area (Å²) in [4.78, 5) is 9.27. The number of rotatable bonds is 2. The van der Waals surface area contributed by atoms with E-state index in [9.17, 15) is 0 Å². The predicted molar refractivity (Wildman–Crippen MR) is 83.7 cm³/mol. The van der Waals surface area contributed by atoms with Crippen LogP contribution in [0.25, 0.3) is 11.2 Å². The molecule has 5 rings (SSSR count). The standard InChI is InChI=1S/C16H17Cl2N3/c1-7(17)15-20-11-5-10(18)6-19-16(11)21(15)14-12-8-2-3-9(4-8)13(12)14/h5-9,12-14H,2-4H2,1H3. The number of hydrogen-bond acceptors (Lipinski definition) is 2. The molecule has 0 aliphatic heterocycles. The van der Waals surface area contributed by atoms with Crippen molar-refractivity contribution in [1.29, 1.82) is 0 Å². The molecule has 0 amide bonds. The summed E-state index contributed by atoms with van der Waals surface area (Å²) in [6.07, 6.45) is 6.00. The molecule has 3 aliphatic rings. The van der Waals surface area contributed by atoms with Gasteiger partial charge in [0.1, 0.15) is 11.3 Å². The van der Waals surface area contributed by atoms with E-state index in [0.29, 0.717) is 11.1 Å². The zero-order chi connectivity index (χ0) is 14.3. The Balaban J connectivity index is 1.67. The van der Waals surface area contributed by atoms with Crippen molar-refractivity contribution in [3.63, 3.8) is 0 Å². The zero-order valence-corrected chi connectivity index (χ0v) is 13.3. The van der Waals surface area contributed by atoms with Crippen molar-refractivity contribution in [1.82, 2.24) is 14.5 Å². The van der Waals surface area contributed by atoms with Gasteiger partial charge in [-0.1, -0.05) is 11.6 Å². The Morgan fingerprint density at radius 2 is 2.00 bits per heavy atom. The summed E-state index contributed by atoms with van der Waals surface area (Å²) in [5.74, 6) is 4.49. The van der Waals surface area contributed by atoms with Crippen molar-refractivity contribution in [2.75, 3.05) is 0 Å². The number of nitrogens with zero attached hydrogens (tertiary/aromatic N) is 3. The lowest BCUT2D eigenvalue weighted by molar-refractivity contribution is 0.450. The van der Waals surface area contributed by atoms with Crippen LogP contribution in [0.15, 0.2) is 12.3 Å². The highest BCUT2D eigenvalue weighted by molar-refractivity contribution is 6.31. The maximum Gasteiger partial charge on any atom is 0.160 e. The number of aromatic nitrogens is 3. The highest BCUT2D eigenvalue weighted by atomic mass is 35.5. The van der Waals surface area contributed by atoms with Gasteiger partial charge in [0.2, 0.25) is 0 Å². The highest BCUT2D eigenvalue weighted by Crippen LogP contribution is 2.72. The van der Waals surface area contributed by atoms with Crippen molar-refractivity contribution < 1.29 is 0 Å². The first kappa shape index (κ1) is 12.7. The molecule has 0 aromatic carbocycles. The Labute approximate surface area is 133 Å². The third-order valence-electron chi connectivity index (χ3n) is 5.87. The topological polar surface area (TPSA) is 30.7 Å². The van der Waals surface area contributed by atoms with Crippen LogP contribution in [0.1, 0.15) is 43.4 Å². The van der Waals surface area contributed by atoms with E-state index in [0.717, 1.165) is 40.7 Å². The molecule has 5 atom stereocenters. The molecule has 2 bridgehead atoms. The molecule has 3 aliphatic carbocycles. The van der Waals surface area contributed by atoms with Crippen LogP contribution in [0, 0.1) is 23.7 Å². The second-order valence-electron chi connectivity index (χ2n) is 6.93. The number of hydrogen-bond donors (Lipinski definition) is 0. The molecule has 3 nitrogen and oxygen atoms in total. The van der Waals surface area contributed by atoms with E-state index >= 15 is 0 Å². The van der Waals surface area contributed by atoms with Crippen LogP contribution in [0.2, 0.25) is 5.02 Å². The van der Waals surface area contributed by atoms with Gasteiger partial charge in [-0.25, -0.2) is 9.97 Å². The number of pyridine rings is 1. The summed E-state index contributed by atoms with van der Waals surface area (Å²) in [6, 6.07) is 2.47. The van der Waals surface area contributed by atoms with Crippen molar-refractivity contribution in [3.8, 4) is 0 Å². The van der Waals surface area contributed by atoms with Gasteiger partial charge in [0.05, 0.1) is 10.4 Å². The van der Waals surface area contributed by atoms with Gasteiger partial charge in [-0.3, -0.25) is 0 Å². The Kier molecular flexibility index (Phi) is 2.51. The van der Waals surface area contributed by atoms with E-state index in [1.54, 1.807) is 6.20 Å². The molecule has 5 unspecified atom stereocenters. The average Bonchev–Trinajstić information content (AvgIpc) is 2.80. The average molecular weight is 322 g/mol. The Morgan fingerprint density at radius 1 is 1.29 bits per heavy atom. The van der Waals surface area contributed by atoms with Crippen LogP contribution < -0.4 is 0 Å².